The zero-order valence-electron chi connectivity index (χ0n) is 14.0. The van der Waals surface area contributed by atoms with Crippen LogP contribution in [0.25, 0.3) is 0 Å². The fraction of sp³-hybridized carbons (Fsp3) is 0.294. The molecule has 0 aliphatic rings. The van der Waals surface area contributed by atoms with Gasteiger partial charge in [0, 0.05) is 36.7 Å². The quantitative estimate of drug-likeness (QED) is 0.871. The highest BCUT2D eigenvalue weighted by Gasteiger charge is 2.22. The maximum absolute atomic E-state index is 12.5. The first kappa shape index (κ1) is 18.1. The molecule has 128 valence electrons. The Kier molecular flexibility index (Phi) is 5.69. The second-order valence-corrected chi connectivity index (χ2v) is 7.19. The molecule has 0 saturated carbocycles. The van der Waals surface area contributed by atoms with E-state index in [4.69, 9.17) is 0 Å². The van der Waals surface area contributed by atoms with E-state index in [1.54, 1.807) is 57.4 Å². The van der Waals surface area contributed by atoms with Gasteiger partial charge in [0.25, 0.3) is 5.91 Å². The Balaban J connectivity index is 2.26. The van der Waals surface area contributed by atoms with Gasteiger partial charge in [-0.2, -0.15) is 4.31 Å². The number of rotatable bonds is 6. The predicted molar refractivity (Wildman–Crippen MR) is 93.5 cm³/mol. The van der Waals surface area contributed by atoms with Gasteiger partial charge in [-0.3, -0.25) is 9.78 Å². The number of aromatic nitrogens is 1. The van der Waals surface area contributed by atoms with Gasteiger partial charge >= 0.3 is 0 Å². The van der Waals surface area contributed by atoms with Gasteiger partial charge in [0.05, 0.1) is 4.90 Å². The highest BCUT2D eigenvalue weighted by molar-refractivity contribution is 7.89. The lowest BCUT2D eigenvalue weighted by Crippen LogP contribution is -2.30. The molecule has 0 spiro atoms. The van der Waals surface area contributed by atoms with Gasteiger partial charge in [-0.25, -0.2) is 8.42 Å². The van der Waals surface area contributed by atoms with Crippen molar-refractivity contribution in [3.63, 3.8) is 0 Å². The topological polar surface area (TPSA) is 79.4 Å². The molecule has 0 fully saturated rings. The third-order valence-corrected chi connectivity index (χ3v) is 5.78. The van der Waals surface area contributed by atoms with Gasteiger partial charge in [0.1, 0.15) is 0 Å². The maximum atomic E-state index is 12.5. The van der Waals surface area contributed by atoms with E-state index in [1.165, 1.54) is 10.4 Å². The van der Waals surface area contributed by atoms with E-state index in [9.17, 15) is 13.2 Å². The summed E-state index contributed by atoms with van der Waals surface area (Å²) in [6, 6.07) is 7.94. The molecule has 0 atom stereocenters. The van der Waals surface area contributed by atoms with E-state index in [0.717, 1.165) is 0 Å². The molecule has 7 heteroatoms. The van der Waals surface area contributed by atoms with Crippen LogP contribution in [0.1, 0.15) is 29.8 Å². The van der Waals surface area contributed by atoms with E-state index in [0.29, 0.717) is 29.9 Å². The molecule has 6 nitrogen and oxygen atoms in total. The van der Waals surface area contributed by atoms with Gasteiger partial charge in [0.15, 0.2) is 0 Å². The number of hydrogen-bond acceptors (Lipinski definition) is 4. The number of benzene rings is 1. The first-order chi connectivity index (χ1) is 11.4. The number of carbonyl (C=O) groups excluding carboxylic acids is 1. The molecule has 0 radical (unpaired) electrons. The van der Waals surface area contributed by atoms with Gasteiger partial charge < -0.3 is 5.32 Å². The number of pyridine rings is 1. The lowest BCUT2D eigenvalue weighted by atomic mass is 10.2. The SMILES string of the molecule is CCN(CC)S(=O)(=O)c1ccc(NC(=O)c2ccncc2)c(C)c1. The molecular formula is C17H21N3O3S. The Hall–Kier alpha value is -2.25. The Bertz CT molecular complexity index is 816. The number of anilines is 1. The Morgan fingerprint density at radius 2 is 1.75 bits per heavy atom. The lowest BCUT2D eigenvalue weighted by molar-refractivity contribution is 0.102. The van der Waals surface area contributed by atoms with Gasteiger partial charge in [0.2, 0.25) is 10.0 Å². The van der Waals surface area contributed by atoms with Crippen molar-refractivity contribution in [3.05, 3.63) is 53.9 Å². The Morgan fingerprint density at radius 3 is 2.29 bits per heavy atom. The minimum Gasteiger partial charge on any atom is -0.322 e. The fourth-order valence-electron chi connectivity index (χ4n) is 2.35. The van der Waals surface area contributed by atoms with Crippen LogP contribution in [-0.4, -0.2) is 36.7 Å². The third kappa shape index (κ3) is 3.80. The molecule has 0 saturated heterocycles. The van der Waals surface area contributed by atoms with Crippen molar-refractivity contribution in [2.45, 2.75) is 25.7 Å². The molecule has 1 aromatic heterocycles. The van der Waals surface area contributed by atoms with Crippen LogP contribution in [0, 0.1) is 6.92 Å². The number of aryl methyl sites for hydroxylation is 1. The smallest absolute Gasteiger partial charge is 0.255 e. The number of nitrogens with one attached hydrogen (secondary N) is 1. The Morgan fingerprint density at radius 1 is 1.12 bits per heavy atom. The van der Waals surface area contributed by atoms with E-state index in [-0.39, 0.29) is 10.8 Å². The molecule has 0 unspecified atom stereocenters. The number of amides is 1. The molecule has 1 N–H and O–H groups in total. The van der Waals surface area contributed by atoms with Gasteiger partial charge in [-0.1, -0.05) is 13.8 Å². The summed E-state index contributed by atoms with van der Waals surface area (Å²) in [6.07, 6.45) is 3.09. The second-order valence-electron chi connectivity index (χ2n) is 5.26. The standard InChI is InChI=1S/C17H21N3O3S/c1-4-20(5-2)24(22,23)15-6-7-16(13(3)12-15)19-17(21)14-8-10-18-11-9-14/h6-12H,4-5H2,1-3H3,(H,19,21). The van der Waals surface area contributed by atoms with E-state index >= 15 is 0 Å². The summed E-state index contributed by atoms with van der Waals surface area (Å²) < 4.78 is 26.5. The largest absolute Gasteiger partial charge is 0.322 e. The van der Waals surface area contributed by atoms with Crippen LogP contribution in [-0.2, 0) is 10.0 Å². The maximum Gasteiger partial charge on any atom is 0.255 e. The lowest BCUT2D eigenvalue weighted by Gasteiger charge is -2.19. The van der Waals surface area contributed by atoms with Crippen molar-refractivity contribution < 1.29 is 13.2 Å². The zero-order valence-corrected chi connectivity index (χ0v) is 14.8. The number of nitrogens with zero attached hydrogens (tertiary/aromatic N) is 2. The molecule has 0 aliphatic carbocycles. The van der Waals surface area contributed by atoms with Crippen LogP contribution in [0.5, 0.6) is 0 Å². The minimum atomic E-state index is -3.51. The Labute approximate surface area is 142 Å². The van der Waals surface area contributed by atoms with Crippen LogP contribution >= 0.6 is 0 Å². The minimum absolute atomic E-state index is 0.227. The molecule has 0 bridgehead atoms. The highest BCUT2D eigenvalue weighted by atomic mass is 32.2. The summed E-state index contributed by atoms with van der Waals surface area (Å²) in [6.45, 7) is 6.20. The first-order valence-corrected chi connectivity index (χ1v) is 9.16. The average molecular weight is 347 g/mol. The summed E-state index contributed by atoms with van der Waals surface area (Å²) in [7, 11) is -3.51. The van der Waals surface area contributed by atoms with E-state index in [2.05, 4.69) is 10.3 Å². The van der Waals surface area contributed by atoms with Gasteiger partial charge in [-0.05, 0) is 42.8 Å². The van der Waals surface area contributed by atoms with Crippen LogP contribution < -0.4 is 5.32 Å². The summed E-state index contributed by atoms with van der Waals surface area (Å²) in [5.41, 5.74) is 1.75. The molecule has 1 amide bonds. The van der Waals surface area contributed by atoms with Crippen molar-refractivity contribution in [2.24, 2.45) is 0 Å². The third-order valence-electron chi connectivity index (χ3n) is 3.73. The van der Waals surface area contributed by atoms with Crippen molar-refractivity contribution >= 4 is 21.6 Å². The molecule has 1 aromatic carbocycles. The number of carbonyl (C=O) groups is 1. The average Bonchev–Trinajstić information content (AvgIpc) is 2.58. The number of sulfonamides is 1. The second kappa shape index (κ2) is 7.55. The van der Waals surface area contributed by atoms with Crippen LogP contribution in [0.2, 0.25) is 0 Å². The summed E-state index contributed by atoms with van der Waals surface area (Å²) in [4.78, 5) is 16.3. The number of hydrogen-bond donors (Lipinski definition) is 1. The van der Waals surface area contributed by atoms with Crippen molar-refractivity contribution in [1.82, 2.24) is 9.29 Å². The zero-order chi connectivity index (χ0) is 17.7. The molecular weight excluding hydrogens is 326 g/mol. The van der Waals surface area contributed by atoms with Crippen LogP contribution in [0.15, 0.2) is 47.6 Å². The molecule has 2 aromatic rings. The summed E-state index contributed by atoms with van der Waals surface area (Å²) >= 11 is 0. The predicted octanol–water partition coefficient (Wildman–Crippen LogP) is 2.67. The van der Waals surface area contributed by atoms with Crippen LogP contribution in [0.3, 0.4) is 0 Å². The van der Waals surface area contributed by atoms with Crippen molar-refractivity contribution in [1.29, 1.82) is 0 Å². The monoisotopic (exact) mass is 347 g/mol. The first-order valence-electron chi connectivity index (χ1n) is 7.72. The van der Waals surface area contributed by atoms with Crippen molar-refractivity contribution in [3.8, 4) is 0 Å². The molecule has 1 heterocycles. The van der Waals surface area contributed by atoms with E-state index in [1.807, 2.05) is 0 Å². The van der Waals surface area contributed by atoms with Crippen LogP contribution in [0.4, 0.5) is 5.69 Å². The summed E-state index contributed by atoms with van der Waals surface area (Å²) in [5.74, 6) is -0.264. The van der Waals surface area contributed by atoms with E-state index < -0.39 is 10.0 Å². The fourth-order valence-corrected chi connectivity index (χ4v) is 3.89. The summed E-state index contributed by atoms with van der Waals surface area (Å²) in [5, 5.41) is 2.79. The molecule has 0 aliphatic heterocycles. The molecule has 2 rings (SSSR count). The van der Waals surface area contributed by atoms with Gasteiger partial charge in [-0.15, -0.1) is 0 Å². The molecule has 24 heavy (non-hydrogen) atoms. The van der Waals surface area contributed by atoms with Crippen molar-refractivity contribution in [2.75, 3.05) is 18.4 Å². The normalized spacial score (nSPS) is 11.5. The highest BCUT2D eigenvalue weighted by Crippen LogP contribution is 2.22.